The lowest BCUT2D eigenvalue weighted by Crippen LogP contribution is -2.26. The van der Waals surface area contributed by atoms with Crippen molar-refractivity contribution in [3.63, 3.8) is 0 Å². The van der Waals surface area contributed by atoms with Crippen LogP contribution in [0.5, 0.6) is 5.75 Å². The van der Waals surface area contributed by atoms with Crippen LogP contribution in [-0.2, 0) is 7.05 Å². The van der Waals surface area contributed by atoms with Crippen LogP contribution in [0.3, 0.4) is 0 Å². The summed E-state index contributed by atoms with van der Waals surface area (Å²) in [5.41, 5.74) is 4.74. The fourth-order valence-electron chi connectivity index (χ4n) is 2.83. The average Bonchev–Trinajstić information content (AvgIpc) is 3.07. The molecule has 0 radical (unpaired) electrons. The van der Waals surface area contributed by atoms with E-state index in [9.17, 15) is 9.18 Å². The largest absolute Gasteiger partial charge is 0.494 e. The maximum Gasteiger partial charge on any atom is 0.271 e. The highest BCUT2D eigenvalue weighted by atomic mass is 19.1. The van der Waals surface area contributed by atoms with Crippen molar-refractivity contribution >= 4 is 5.91 Å². The van der Waals surface area contributed by atoms with E-state index in [2.05, 4.69) is 36.4 Å². The summed E-state index contributed by atoms with van der Waals surface area (Å²) < 4.78 is 20.1. The number of ether oxygens (including phenoxy) is 1. The van der Waals surface area contributed by atoms with E-state index in [1.54, 1.807) is 22.9 Å². The first-order valence-corrected chi connectivity index (χ1v) is 9.22. The fraction of sp³-hybridized carbons (Fsp3) is 0.273. The van der Waals surface area contributed by atoms with Gasteiger partial charge in [0.15, 0.2) is 5.69 Å². The van der Waals surface area contributed by atoms with E-state index in [-0.39, 0.29) is 11.7 Å². The van der Waals surface area contributed by atoms with Crippen LogP contribution in [0.25, 0.3) is 11.3 Å². The molecule has 6 heteroatoms. The van der Waals surface area contributed by atoms with Gasteiger partial charge in [0.05, 0.1) is 12.3 Å². The highest BCUT2D eigenvalue weighted by Crippen LogP contribution is 2.22. The molecular formula is C22H24FN3O2. The number of halogens is 1. The first-order valence-electron chi connectivity index (χ1n) is 9.22. The van der Waals surface area contributed by atoms with Crippen LogP contribution >= 0.6 is 0 Å². The molecule has 28 heavy (non-hydrogen) atoms. The quantitative estimate of drug-likeness (QED) is 0.629. The van der Waals surface area contributed by atoms with Crippen LogP contribution in [-0.4, -0.2) is 28.8 Å². The first kappa shape index (κ1) is 19.6. The molecule has 3 rings (SSSR count). The van der Waals surface area contributed by atoms with Crippen LogP contribution in [0.15, 0.2) is 48.5 Å². The molecule has 0 fully saturated rings. The molecule has 1 heterocycles. The normalized spacial score (nSPS) is 10.7. The summed E-state index contributed by atoms with van der Waals surface area (Å²) in [5.74, 6) is 0.0955. The van der Waals surface area contributed by atoms with Gasteiger partial charge in [0.2, 0.25) is 0 Å². The van der Waals surface area contributed by atoms with Crippen molar-refractivity contribution in [2.24, 2.45) is 7.05 Å². The van der Waals surface area contributed by atoms with Gasteiger partial charge in [0, 0.05) is 19.2 Å². The number of nitrogens with one attached hydrogen (secondary N) is 1. The maximum absolute atomic E-state index is 12.8. The van der Waals surface area contributed by atoms with E-state index in [4.69, 9.17) is 4.74 Å². The van der Waals surface area contributed by atoms with Crippen molar-refractivity contribution in [3.05, 3.63) is 71.2 Å². The second-order valence-electron chi connectivity index (χ2n) is 6.75. The van der Waals surface area contributed by atoms with Crippen LogP contribution in [0.1, 0.15) is 28.0 Å². The van der Waals surface area contributed by atoms with Gasteiger partial charge >= 0.3 is 0 Å². The molecule has 146 valence electrons. The molecule has 5 nitrogen and oxygen atoms in total. The smallest absolute Gasteiger partial charge is 0.271 e. The van der Waals surface area contributed by atoms with E-state index < -0.39 is 0 Å². The third-order valence-electron chi connectivity index (χ3n) is 4.60. The average molecular weight is 381 g/mol. The number of aromatic nitrogens is 2. The van der Waals surface area contributed by atoms with E-state index >= 15 is 0 Å². The molecule has 3 aromatic rings. The summed E-state index contributed by atoms with van der Waals surface area (Å²) in [6.07, 6.45) is 0.639. The van der Waals surface area contributed by atoms with Crippen molar-refractivity contribution in [2.45, 2.75) is 20.3 Å². The van der Waals surface area contributed by atoms with Crippen molar-refractivity contribution in [1.82, 2.24) is 15.1 Å². The Morgan fingerprint density at radius 2 is 1.86 bits per heavy atom. The molecule has 0 atom stereocenters. The molecule has 0 spiro atoms. The zero-order chi connectivity index (χ0) is 20.1. The van der Waals surface area contributed by atoms with Crippen molar-refractivity contribution < 1.29 is 13.9 Å². The van der Waals surface area contributed by atoms with Gasteiger partial charge < -0.3 is 10.1 Å². The zero-order valence-electron chi connectivity index (χ0n) is 16.3. The van der Waals surface area contributed by atoms with Gasteiger partial charge in [-0.3, -0.25) is 9.48 Å². The Labute approximate surface area is 164 Å². The number of amides is 1. The number of aryl methyl sites for hydroxylation is 3. The van der Waals surface area contributed by atoms with E-state index in [1.165, 1.54) is 23.3 Å². The topological polar surface area (TPSA) is 56.1 Å². The Balaban J connectivity index is 1.52. The molecule has 1 N–H and O–H groups in total. The number of hydrogen-bond acceptors (Lipinski definition) is 3. The number of carbonyl (C=O) groups is 1. The van der Waals surface area contributed by atoms with Crippen molar-refractivity contribution in [1.29, 1.82) is 0 Å². The molecule has 0 bridgehead atoms. The molecule has 2 aromatic carbocycles. The Morgan fingerprint density at radius 1 is 1.11 bits per heavy atom. The van der Waals surface area contributed by atoms with Gasteiger partial charge in [-0.25, -0.2) is 4.39 Å². The summed E-state index contributed by atoms with van der Waals surface area (Å²) in [4.78, 5) is 12.4. The lowest BCUT2D eigenvalue weighted by molar-refractivity contribution is 0.0946. The predicted molar refractivity (Wildman–Crippen MR) is 107 cm³/mol. The molecule has 0 saturated heterocycles. The number of nitrogens with zero attached hydrogens (tertiary/aromatic N) is 2. The second-order valence-corrected chi connectivity index (χ2v) is 6.75. The highest BCUT2D eigenvalue weighted by molar-refractivity contribution is 5.93. The van der Waals surface area contributed by atoms with Crippen LogP contribution in [0.4, 0.5) is 4.39 Å². The standard InChI is InChI=1S/C22H24FN3O2/c1-15-5-6-17(13-16(15)2)21-14-20(25-26(21)3)22(27)24-11-4-12-28-19-9-7-18(23)8-10-19/h5-10,13-14H,4,11-12H2,1-3H3,(H,24,27). The number of carbonyl (C=O) groups excluding carboxylic acids is 1. The molecule has 0 aliphatic rings. The molecule has 1 aromatic heterocycles. The molecule has 0 unspecified atom stereocenters. The van der Waals surface area contributed by atoms with E-state index in [0.29, 0.717) is 31.0 Å². The third kappa shape index (κ3) is 4.76. The van der Waals surface area contributed by atoms with Crippen molar-refractivity contribution in [3.8, 4) is 17.0 Å². The summed E-state index contributed by atoms with van der Waals surface area (Å²) >= 11 is 0. The Bertz CT molecular complexity index is 964. The lowest BCUT2D eigenvalue weighted by atomic mass is 10.0. The highest BCUT2D eigenvalue weighted by Gasteiger charge is 2.14. The third-order valence-corrected chi connectivity index (χ3v) is 4.60. The van der Waals surface area contributed by atoms with Gasteiger partial charge in [0.1, 0.15) is 11.6 Å². The Kier molecular flexibility index (Phi) is 6.09. The molecule has 1 amide bonds. The monoisotopic (exact) mass is 381 g/mol. The summed E-state index contributed by atoms with van der Waals surface area (Å²) in [6.45, 7) is 5.04. The van der Waals surface area contributed by atoms with Gasteiger partial charge in [0.25, 0.3) is 5.91 Å². The minimum atomic E-state index is -0.296. The Hall–Kier alpha value is -3.15. The summed E-state index contributed by atoms with van der Waals surface area (Å²) in [7, 11) is 1.83. The lowest BCUT2D eigenvalue weighted by Gasteiger charge is -2.06. The van der Waals surface area contributed by atoms with Crippen molar-refractivity contribution in [2.75, 3.05) is 13.2 Å². The zero-order valence-corrected chi connectivity index (χ0v) is 16.3. The number of hydrogen-bond donors (Lipinski definition) is 1. The van der Waals surface area contributed by atoms with E-state index in [1.807, 2.05) is 13.1 Å². The van der Waals surface area contributed by atoms with Crippen LogP contribution in [0.2, 0.25) is 0 Å². The number of benzene rings is 2. The first-order chi connectivity index (χ1) is 13.4. The molecular weight excluding hydrogens is 357 g/mol. The molecule has 0 saturated carbocycles. The SMILES string of the molecule is Cc1ccc(-c2cc(C(=O)NCCCOc3ccc(F)cc3)nn2C)cc1C. The van der Waals surface area contributed by atoms with Gasteiger partial charge in [-0.1, -0.05) is 12.1 Å². The second kappa shape index (κ2) is 8.69. The minimum Gasteiger partial charge on any atom is -0.494 e. The molecule has 0 aliphatic heterocycles. The molecule has 0 aliphatic carbocycles. The Morgan fingerprint density at radius 3 is 2.57 bits per heavy atom. The van der Waals surface area contributed by atoms with Crippen LogP contribution < -0.4 is 10.1 Å². The number of rotatable bonds is 7. The predicted octanol–water partition coefficient (Wildman–Crippen LogP) is 4.04. The summed E-state index contributed by atoms with van der Waals surface area (Å²) in [5, 5.41) is 7.18. The minimum absolute atomic E-state index is 0.215. The maximum atomic E-state index is 12.8. The van der Waals surface area contributed by atoms with E-state index in [0.717, 1.165) is 11.3 Å². The van der Waals surface area contributed by atoms with Gasteiger partial charge in [-0.2, -0.15) is 5.10 Å². The fourth-order valence-corrected chi connectivity index (χ4v) is 2.83. The van der Waals surface area contributed by atoms with Crippen LogP contribution in [0, 0.1) is 19.7 Å². The van der Waals surface area contributed by atoms with Gasteiger partial charge in [-0.15, -0.1) is 0 Å². The summed E-state index contributed by atoms with van der Waals surface area (Å²) in [6, 6.07) is 13.9. The van der Waals surface area contributed by atoms with Gasteiger partial charge in [-0.05, 0) is 67.8 Å².